The molecule has 0 spiro atoms. The number of rotatable bonds is 2. The summed E-state index contributed by atoms with van der Waals surface area (Å²) >= 11 is 0. The molecular formula is C11H7F3N2O4. The van der Waals surface area contributed by atoms with Gasteiger partial charge >= 0.3 is 18.2 Å². The van der Waals surface area contributed by atoms with Crippen LogP contribution < -0.4 is 10.6 Å². The average molecular weight is 288 g/mol. The van der Waals surface area contributed by atoms with E-state index in [1.165, 1.54) is 5.32 Å². The second kappa shape index (κ2) is 4.22. The second-order valence-electron chi connectivity index (χ2n) is 4.04. The minimum atomic E-state index is -5.08. The lowest BCUT2D eigenvalue weighted by molar-refractivity contribution is -0.195. The summed E-state index contributed by atoms with van der Waals surface area (Å²) in [5.41, 5.74) is -4.02. The Morgan fingerprint density at radius 3 is 2.05 bits per heavy atom. The van der Waals surface area contributed by atoms with E-state index in [2.05, 4.69) is 0 Å². The van der Waals surface area contributed by atoms with E-state index in [1.807, 2.05) is 0 Å². The molecule has 106 valence electrons. The van der Waals surface area contributed by atoms with Crippen LogP contribution in [0.2, 0.25) is 0 Å². The first-order valence-electron chi connectivity index (χ1n) is 5.22. The highest BCUT2D eigenvalue weighted by molar-refractivity contribution is 6.08. The summed E-state index contributed by atoms with van der Waals surface area (Å²) in [4.78, 5) is 33.2. The monoisotopic (exact) mass is 288 g/mol. The third-order valence-electron chi connectivity index (χ3n) is 2.86. The maximum Gasteiger partial charge on any atom is 0.425 e. The predicted octanol–water partition coefficient (Wildman–Crippen LogP) is 0.982. The van der Waals surface area contributed by atoms with E-state index in [-0.39, 0.29) is 5.56 Å². The van der Waals surface area contributed by atoms with Crippen molar-refractivity contribution in [2.45, 2.75) is 11.7 Å². The van der Waals surface area contributed by atoms with Gasteiger partial charge in [-0.05, 0) is 17.7 Å². The van der Waals surface area contributed by atoms with Gasteiger partial charge in [0, 0.05) is 0 Å². The Balaban J connectivity index is 2.56. The number of urea groups is 1. The first kappa shape index (κ1) is 13.8. The van der Waals surface area contributed by atoms with Crippen molar-refractivity contribution in [3.8, 4) is 0 Å². The molecule has 3 amide bonds. The van der Waals surface area contributed by atoms with E-state index in [4.69, 9.17) is 5.11 Å². The minimum absolute atomic E-state index is 0.240. The Kier molecular flexibility index (Phi) is 2.92. The Morgan fingerprint density at radius 1 is 1.15 bits per heavy atom. The molecule has 1 fully saturated rings. The van der Waals surface area contributed by atoms with Crippen molar-refractivity contribution in [1.82, 2.24) is 10.6 Å². The molecule has 1 aliphatic rings. The number of imide groups is 1. The summed E-state index contributed by atoms with van der Waals surface area (Å²) in [5.74, 6) is -2.88. The molecule has 3 N–H and O–H groups in total. The number of hydrogen-bond acceptors (Lipinski definition) is 3. The minimum Gasteiger partial charge on any atom is -0.478 e. The molecule has 0 aliphatic carbocycles. The van der Waals surface area contributed by atoms with Gasteiger partial charge in [0.05, 0.1) is 5.56 Å². The number of benzene rings is 1. The molecule has 20 heavy (non-hydrogen) atoms. The molecule has 1 aliphatic heterocycles. The molecule has 1 heterocycles. The summed E-state index contributed by atoms with van der Waals surface area (Å²) < 4.78 is 39.6. The Hall–Kier alpha value is -2.58. The van der Waals surface area contributed by atoms with Crippen molar-refractivity contribution in [3.63, 3.8) is 0 Å². The molecule has 9 heteroatoms. The van der Waals surface area contributed by atoms with E-state index in [0.717, 1.165) is 24.3 Å². The number of amides is 3. The molecule has 0 radical (unpaired) electrons. The van der Waals surface area contributed by atoms with Crippen LogP contribution in [0.1, 0.15) is 15.9 Å². The van der Waals surface area contributed by atoms with E-state index < -0.39 is 35.2 Å². The summed E-state index contributed by atoms with van der Waals surface area (Å²) in [6.45, 7) is 0. The number of nitrogens with one attached hydrogen (secondary N) is 2. The molecule has 0 saturated carbocycles. The van der Waals surface area contributed by atoms with Crippen molar-refractivity contribution in [2.24, 2.45) is 0 Å². The summed E-state index contributed by atoms with van der Waals surface area (Å²) in [5, 5.41) is 11.8. The smallest absolute Gasteiger partial charge is 0.425 e. The van der Waals surface area contributed by atoms with Gasteiger partial charge in [0.1, 0.15) is 0 Å². The van der Waals surface area contributed by atoms with Crippen LogP contribution in [0, 0.1) is 0 Å². The zero-order chi connectivity index (χ0) is 15.1. The molecule has 6 nitrogen and oxygen atoms in total. The third-order valence-corrected chi connectivity index (χ3v) is 2.86. The Labute approximate surface area is 109 Å². The van der Waals surface area contributed by atoms with Crippen LogP contribution in [0.15, 0.2) is 24.3 Å². The van der Waals surface area contributed by atoms with Crippen molar-refractivity contribution in [1.29, 1.82) is 0 Å². The highest BCUT2D eigenvalue weighted by Crippen LogP contribution is 2.41. The lowest BCUT2D eigenvalue weighted by Gasteiger charge is -2.28. The highest BCUT2D eigenvalue weighted by atomic mass is 19.4. The summed E-state index contributed by atoms with van der Waals surface area (Å²) in [6.07, 6.45) is -5.08. The number of carbonyl (C=O) groups is 3. The van der Waals surface area contributed by atoms with Crippen LogP contribution in [0.25, 0.3) is 0 Å². The van der Waals surface area contributed by atoms with Gasteiger partial charge in [0.2, 0.25) is 5.54 Å². The van der Waals surface area contributed by atoms with E-state index in [0.29, 0.717) is 0 Å². The zero-order valence-electron chi connectivity index (χ0n) is 9.62. The quantitative estimate of drug-likeness (QED) is 0.707. The maximum absolute atomic E-state index is 13.2. The lowest BCUT2D eigenvalue weighted by atomic mass is 9.88. The molecule has 1 aromatic carbocycles. The second-order valence-corrected chi connectivity index (χ2v) is 4.04. The Morgan fingerprint density at radius 2 is 1.70 bits per heavy atom. The van der Waals surface area contributed by atoms with Gasteiger partial charge in [-0.2, -0.15) is 13.2 Å². The molecule has 1 aromatic rings. The third kappa shape index (κ3) is 1.87. The van der Waals surface area contributed by atoms with Gasteiger partial charge < -0.3 is 10.4 Å². The van der Waals surface area contributed by atoms with Crippen molar-refractivity contribution in [2.75, 3.05) is 0 Å². The molecule has 0 aromatic heterocycles. The van der Waals surface area contributed by atoms with Gasteiger partial charge in [-0.1, -0.05) is 12.1 Å². The van der Waals surface area contributed by atoms with Gasteiger partial charge in [0.25, 0.3) is 5.91 Å². The van der Waals surface area contributed by atoms with E-state index >= 15 is 0 Å². The first-order chi connectivity index (χ1) is 9.18. The topological polar surface area (TPSA) is 95.5 Å². The fourth-order valence-electron chi connectivity index (χ4n) is 1.88. The molecule has 0 bridgehead atoms. The molecule has 2 rings (SSSR count). The number of hydrogen-bond donors (Lipinski definition) is 3. The van der Waals surface area contributed by atoms with Gasteiger partial charge in [-0.25, -0.2) is 9.59 Å². The van der Waals surface area contributed by atoms with Crippen LogP contribution in [-0.2, 0) is 10.3 Å². The fourth-order valence-corrected chi connectivity index (χ4v) is 1.88. The highest BCUT2D eigenvalue weighted by Gasteiger charge is 2.66. The standard InChI is InChI=1S/C11H7F3N2O4/c12-11(13,14)10(8(19)15-9(20)16-10)6-3-1-5(2-4-6)7(17)18/h1-4H,(H,17,18)(H2,15,16,19,20). The number of alkyl halides is 3. The first-order valence-corrected chi connectivity index (χ1v) is 5.22. The van der Waals surface area contributed by atoms with Crippen molar-refractivity contribution in [3.05, 3.63) is 35.4 Å². The van der Waals surface area contributed by atoms with Gasteiger partial charge in [0.15, 0.2) is 0 Å². The maximum atomic E-state index is 13.2. The molecule has 1 unspecified atom stereocenters. The Bertz CT molecular complexity index is 597. The predicted molar refractivity (Wildman–Crippen MR) is 57.8 cm³/mol. The largest absolute Gasteiger partial charge is 0.478 e. The van der Waals surface area contributed by atoms with Crippen LogP contribution in [0.4, 0.5) is 18.0 Å². The summed E-state index contributed by atoms with van der Waals surface area (Å²) in [6, 6.07) is 2.24. The van der Waals surface area contributed by atoms with Gasteiger partial charge in [-0.3, -0.25) is 10.1 Å². The molecule has 1 atom stereocenters. The number of carboxylic acids is 1. The average Bonchev–Trinajstić information content (AvgIpc) is 2.65. The van der Waals surface area contributed by atoms with Crippen molar-refractivity contribution >= 4 is 17.9 Å². The normalized spacial score (nSPS) is 22.4. The SMILES string of the molecule is O=C1NC(=O)C(c2ccc(C(=O)O)cc2)(C(F)(F)F)N1. The number of carbonyl (C=O) groups excluding carboxylic acids is 2. The van der Waals surface area contributed by atoms with Crippen LogP contribution in [0.5, 0.6) is 0 Å². The number of carboxylic acid groups (broad SMARTS) is 1. The zero-order valence-corrected chi connectivity index (χ0v) is 9.62. The van der Waals surface area contributed by atoms with Crippen LogP contribution >= 0.6 is 0 Å². The van der Waals surface area contributed by atoms with E-state index in [1.54, 1.807) is 5.32 Å². The molecular weight excluding hydrogens is 281 g/mol. The fraction of sp³-hybridized carbons (Fsp3) is 0.182. The number of halogens is 3. The molecule has 1 saturated heterocycles. The van der Waals surface area contributed by atoms with Crippen LogP contribution in [-0.4, -0.2) is 29.2 Å². The van der Waals surface area contributed by atoms with E-state index in [9.17, 15) is 27.6 Å². The number of aromatic carboxylic acids is 1. The van der Waals surface area contributed by atoms with Crippen molar-refractivity contribution < 1.29 is 32.7 Å². The lowest BCUT2D eigenvalue weighted by Crippen LogP contribution is -2.55. The van der Waals surface area contributed by atoms with Gasteiger partial charge in [-0.15, -0.1) is 0 Å². The van der Waals surface area contributed by atoms with Crippen LogP contribution in [0.3, 0.4) is 0 Å². The summed E-state index contributed by atoms with van der Waals surface area (Å²) in [7, 11) is 0.